The van der Waals surface area contributed by atoms with E-state index >= 15 is 0 Å². The first-order chi connectivity index (χ1) is 9.90. The van der Waals surface area contributed by atoms with Crippen molar-refractivity contribution in [3.05, 3.63) is 33.8 Å². The maximum absolute atomic E-state index is 12.0. The molecule has 1 atom stereocenters. The number of carbonyl (C=O) groups is 2. The molecule has 4 nitrogen and oxygen atoms in total. The number of carbonyl (C=O) groups excluding carboxylic acids is 2. The monoisotopic (exact) mass is 328 g/mol. The minimum atomic E-state index is -0.339. The van der Waals surface area contributed by atoms with Crippen molar-refractivity contribution in [2.75, 3.05) is 13.6 Å². The van der Waals surface area contributed by atoms with Crippen LogP contribution in [-0.4, -0.2) is 36.3 Å². The number of hydrogen-bond acceptors (Lipinski definition) is 2. The smallest absolute Gasteiger partial charge is 0.251 e. The summed E-state index contributed by atoms with van der Waals surface area (Å²) in [7, 11) is 1.77. The van der Waals surface area contributed by atoms with Gasteiger partial charge in [0.1, 0.15) is 0 Å². The van der Waals surface area contributed by atoms with Gasteiger partial charge in [-0.05, 0) is 43.9 Å². The lowest BCUT2D eigenvalue weighted by atomic mass is 10.2. The zero-order chi connectivity index (χ0) is 15.6. The molecule has 0 saturated heterocycles. The molecule has 1 aromatic carbocycles. The third kappa shape index (κ3) is 4.11. The summed E-state index contributed by atoms with van der Waals surface area (Å²) in [6, 6.07) is 4.84. The SMILES string of the molecule is CC(C1CC1)N(C)C(=O)CNC(=O)c1ccc(Cl)c(Cl)c1. The molecule has 1 aromatic rings. The van der Waals surface area contributed by atoms with Gasteiger partial charge >= 0.3 is 0 Å². The molecule has 1 aliphatic carbocycles. The molecule has 0 heterocycles. The molecule has 2 amide bonds. The first-order valence-corrected chi connectivity index (χ1v) is 7.64. The van der Waals surface area contributed by atoms with Crippen LogP contribution in [0.15, 0.2) is 18.2 Å². The average molecular weight is 329 g/mol. The van der Waals surface area contributed by atoms with Gasteiger partial charge < -0.3 is 10.2 Å². The highest BCUT2D eigenvalue weighted by atomic mass is 35.5. The van der Waals surface area contributed by atoms with Crippen LogP contribution in [0.4, 0.5) is 0 Å². The van der Waals surface area contributed by atoms with Gasteiger partial charge in [-0.15, -0.1) is 0 Å². The maximum atomic E-state index is 12.0. The van der Waals surface area contributed by atoms with Gasteiger partial charge in [-0.1, -0.05) is 23.2 Å². The van der Waals surface area contributed by atoms with Gasteiger partial charge in [0, 0.05) is 18.7 Å². The highest BCUT2D eigenvalue weighted by Crippen LogP contribution is 2.34. The molecule has 0 spiro atoms. The Balaban J connectivity index is 1.88. The summed E-state index contributed by atoms with van der Waals surface area (Å²) in [5.41, 5.74) is 0.384. The minimum absolute atomic E-state index is 0.0212. The van der Waals surface area contributed by atoms with Crippen LogP contribution in [-0.2, 0) is 4.79 Å². The highest BCUT2D eigenvalue weighted by molar-refractivity contribution is 6.42. The summed E-state index contributed by atoms with van der Waals surface area (Å²) in [4.78, 5) is 25.7. The number of nitrogens with zero attached hydrogens (tertiary/aromatic N) is 1. The molecule has 2 rings (SSSR count). The van der Waals surface area contributed by atoms with Crippen LogP contribution in [0, 0.1) is 5.92 Å². The molecule has 6 heteroatoms. The minimum Gasteiger partial charge on any atom is -0.343 e. The van der Waals surface area contributed by atoms with Crippen molar-refractivity contribution in [3.8, 4) is 0 Å². The molecule has 0 bridgehead atoms. The normalized spacial score (nSPS) is 15.4. The Bertz CT molecular complexity index is 559. The fourth-order valence-electron chi connectivity index (χ4n) is 2.14. The molecule has 1 unspecified atom stereocenters. The van der Waals surface area contributed by atoms with E-state index in [1.54, 1.807) is 24.1 Å². The van der Waals surface area contributed by atoms with Crippen molar-refractivity contribution in [3.63, 3.8) is 0 Å². The van der Waals surface area contributed by atoms with Crippen molar-refractivity contribution < 1.29 is 9.59 Å². The third-order valence-corrected chi connectivity index (χ3v) is 4.63. The number of benzene rings is 1. The lowest BCUT2D eigenvalue weighted by molar-refractivity contribution is -0.130. The molecule has 0 aliphatic heterocycles. The van der Waals surface area contributed by atoms with Gasteiger partial charge in [-0.3, -0.25) is 9.59 Å². The third-order valence-electron chi connectivity index (χ3n) is 3.89. The number of likely N-dealkylation sites (N-methyl/N-ethyl adjacent to an activating group) is 1. The molecule has 1 aliphatic rings. The Hall–Kier alpha value is -1.26. The molecule has 114 valence electrons. The van der Waals surface area contributed by atoms with Crippen molar-refractivity contribution >= 4 is 35.0 Å². The lowest BCUT2D eigenvalue weighted by Crippen LogP contribution is -2.43. The molecule has 1 saturated carbocycles. The number of amides is 2. The fraction of sp³-hybridized carbons (Fsp3) is 0.467. The number of nitrogens with one attached hydrogen (secondary N) is 1. The van der Waals surface area contributed by atoms with Crippen molar-refractivity contribution in [1.82, 2.24) is 10.2 Å². The molecular formula is C15H18Cl2N2O2. The highest BCUT2D eigenvalue weighted by Gasteiger charge is 2.32. The molecule has 21 heavy (non-hydrogen) atoms. The zero-order valence-corrected chi connectivity index (χ0v) is 13.5. The van der Waals surface area contributed by atoms with E-state index in [4.69, 9.17) is 23.2 Å². The summed E-state index contributed by atoms with van der Waals surface area (Å²) in [6.07, 6.45) is 2.35. The van der Waals surface area contributed by atoms with E-state index in [1.165, 1.54) is 18.9 Å². The Morgan fingerprint density at radius 2 is 2.00 bits per heavy atom. The molecular weight excluding hydrogens is 311 g/mol. The average Bonchev–Trinajstić information content (AvgIpc) is 3.30. The summed E-state index contributed by atoms with van der Waals surface area (Å²) < 4.78 is 0. The molecule has 0 radical (unpaired) electrons. The van der Waals surface area contributed by atoms with E-state index in [0.717, 1.165) is 0 Å². The van der Waals surface area contributed by atoms with Crippen molar-refractivity contribution in [2.24, 2.45) is 5.92 Å². The van der Waals surface area contributed by atoms with Crippen LogP contribution in [0.3, 0.4) is 0 Å². The number of hydrogen-bond donors (Lipinski definition) is 1. The van der Waals surface area contributed by atoms with Crippen LogP contribution in [0.5, 0.6) is 0 Å². The first kappa shape index (κ1) is 16.1. The van der Waals surface area contributed by atoms with E-state index < -0.39 is 0 Å². The van der Waals surface area contributed by atoms with Gasteiger partial charge in [-0.2, -0.15) is 0 Å². The van der Waals surface area contributed by atoms with E-state index in [-0.39, 0.29) is 24.4 Å². The van der Waals surface area contributed by atoms with Gasteiger partial charge in [0.15, 0.2) is 0 Å². The summed E-state index contributed by atoms with van der Waals surface area (Å²) >= 11 is 11.7. The molecule has 0 aromatic heterocycles. The number of rotatable bonds is 5. The molecule has 1 fully saturated rings. The Morgan fingerprint density at radius 1 is 1.33 bits per heavy atom. The summed E-state index contributed by atoms with van der Waals surface area (Å²) in [6.45, 7) is 2.02. The van der Waals surface area contributed by atoms with Crippen LogP contribution in [0.1, 0.15) is 30.1 Å². The van der Waals surface area contributed by atoms with E-state index in [9.17, 15) is 9.59 Å². The summed E-state index contributed by atoms with van der Waals surface area (Å²) in [5, 5.41) is 3.31. The zero-order valence-electron chi connectivity index (χ0n) is 12.0. The van der Waals surface area contributed by atoms with Crippen molar-refractivity contribution in [2.45, 2.75) is 25.8 Å². The predicted molar refractivity (Wildman–Crippen MR) is 83.8 cm³/mol. The van der Waals surface area contributed by atoms with Gasteiger partial charge in [0.2, 0.25) is 5.91 Å². The van der Waals surface area contributed by atoms with Gasteiger partial charge in [0.25, 0.3) is 5.91 Å². The van der Waals surface area contributed by atoms with Crippen LogP contribution >= 0.6 is 23.2 Å². The second-order valence-electron chi connectivity index (χ2n) is 5.39. The van der Waals surface area contributed by atoms with Gasteiger partial charge in [0.05, 0.1) is 16.6 Å². The Labute approximate surface area is 134 Å². The van der Waals surface area contributed by atoms with E-state index in [0.29, 0.717) is 21.5 Å². The largest absolute Gasteiger partial charge is 0.343 e. The predicted octanol–water partition coefficient (Wildman–Crippen LogP) is 2.98. The van der Waals surface area contributed by atoms with Gasteiger partial charge in [-0.25, -0.2) is 0 Å². The fourth-order valence-corrected chi connectivity index (χ4v) is 2.44. The van der Waals surface area contributed by atoms with E-state index in [1.807, 2.05) is 6.92 Å². The van der Waals surface area contributed by atoms with Crippen LogP contribution in [0.2, 0.25) is 10.0 Å². The second kappa shape index (κ2) is 6.67. The Morgan fingerprint density at radius 3 is 2.57 bits per heavy atom. The second-order valence-corrected chi connectivity index (χ2v) is 6.21. The van der Waals surface area contributed by atoms with Crippen LogP contribution in [0.25, 0.3) is 0 Å². The summed E-state index contributed by atoms with van der Waals surface area (Å²) in [5.74, 6) is 0.168. The first-order valence-electron chi connectivity index (χ1n) is 6.89. The standard InChI is InChI=1S/C15H18Cl2N2O2/c1-9(10-3-4-10)19(2)14(20)8-18-15(21)11-5-6-12(16)13(17)7-11/h5-7,9-10H,3-4,8H2,1-2H3,(H,18,21). The van der Waals surface area contributed by atoms with E-state index in [2.05, 4.69) is 5.32 Å². The quantitative estimate of drug-likeness (QED) is 0.903. The lowest BCUT2D eigenvalue weighted by Gasteiger charge is -2.25. The molecule has 1 N–H and O–H groups in total. The number of halogens is 2. The van der Waals surface area contributed by atoms with Crippen LogP contribution < -0.4 is 5.32 Å². The Kier molecular flexibility index (Phi) is 5.12. The maximum Gasteiger partial charge on any atom is 0.251 e. The topological polar surface area (TPSA) is 49.4 Å². The van der Waals surface area contributed by atoms with Crippen molar-refractivity contribution in [1.29, 1.82) is 0 Å².